The van der Waals surface area contributed by atoms with Crippen molar-refractivity contribution in [1.29, 1.82) is 0 Å². The molecule has 0 unspecified atom stereocenters. The number of hydrogen-bond donors (Lipinski definition) is 2. The predicted octanol–water partition coefficient (Wildman–Crippen LogP) is 3.43. The number of benzene rings is 1. The van der Waals surface area contributed by atoms with Gasteiger partial charge in [-0.1, -0.05) is 30.7 Å². The van der Waals surface area contributed by atoms with Crippen LogP contribution in [0, 0.1) is 0 Å². The van der Waals surface area contributed by atoms with E-state index in [1.807, 2.05) is 18.2 Å². The van der Waals surface area contributed by atoms with Gasteiger partial charge in [0.25, 0.3) is 11.8 Å². The molecule has 2 aromatic rings. The molecule has 1 aliphatic heterocycles. The van der Waals surface area contributed by atoms with Crippen molar-refractivity contribution in [2.75, 3.05) is 0 Å². The number of rotatable bonds is 4. The first-order chi connectivity index (χ1) is 11.8. The molecule has 1 aromatic carbocycles. The summed E-state index contributed by atoms with van der Waals surface area (Å²) in [6.45, 7) is 3.42. The van der Waals surface area contributed by atoms with Crippen LogP contribution in [-0.2, 0) is 4.79 Å². The van der Waals surface area contributed by atoms with E-state index in [2.05, 4.69) is 10.7 Å². The average molecular weight is 378 g/mol. The number of hydrazine groups is 1. The lowest BCUT2D eigenvalue weighted by molar-refractivity contribution is -0.132. The Bertz CT molecular complexity index is 849. The van der Waals surface area contributed by atoms with E-state index >= 15 is 0 Å². The number of urea groups is 1. The molecule has 25 heavy (non-hydrogen) atoms. The first-order valence-corrected chi connectivity index (χ1v) is 8.87. The largest absolute Gasteiger partial charge is 0.344 e. The highest BCUT2D eigenvalue weighted by atomic mass is 35.5. The van der Waals surface area contributed by atoms with Gasteiger partial charge in [-0.15, -0.1) is 11.3 Å². The summed E-state index contributed by atoms with van der Waals surface area (Å²) in [5.74, 6) is -0.975. The van der Waals surface area contributed by atoms with Gasteiger partial charge in [0, 0.05) is 9.90 Å². The van der Waals surface area contributed by atoms with Gasteiger partial charge in [-0.25, -0.2) is 4.79 Å². The maximum atomic E-state index is 12.4. The Kier molecular flexibility index (Phi) is 4.53. The van der Waals surface area contributed by atoms with Crippen LogP contribution < -0.4 is 10.7 Å². The van der Waals surface area contributed by atoms with Crippen molar-refractivity contribution in [3.05, 3.63) is 46.3 Å². The number of nitrogens with zero attached hydrogens (tertiary/aromatic N) is 1. The van der Waals surface area contributed by atoms with Gasteiger partial charge in [-0.2, -0.15) is 5.01 Å². The molecule has 1 fully saturated rings. The van der Waals surface area contributed by atoms with Crippen molar-refractivity contribution >= 4 is 40.8 Å². The minimum absolute atomic E-state index is 0.399. The fraction of sp³-hybridized carbons (Fsp3) is 0.235. The summed E-state index contributed by atoms with van der Waals surface area (Å²) < 4.78 is 0. The summed E-state index contributed by atoms with van der Waals surface area (Å²) in [6.07, 6.45) is 0.434. The molecule has 2 N–H and O–H groups in total. The van der Waals surface area contributed by atoms with Crippen molar-refractivity contribution in [3.8, 4) is 10.4 Å². The van der Waals surface area contributed by atoms with Crippen LogP contribution in [0.15, 0.2) is 36.4 Å². The highest BCUT2D eigenvalue weighted by Gasteiger charge is 2.47. The van der Waals surface area contributed by atoms with Crippen LogP contribution in [-0.4, -0.2) is 28.4 Å². The summed E-state index contributed by atoms with van der Waals surface area (Å²) >= 11 is 7.14. The molecule has 1 saturated heterocycles. The number of carbonyl (C=O) groups excluding carboxylic acids is 3. The topological polar surface area (TPSA) is 78.5 Å². The Morgan fingerprint density at radius 3 is 2.52 bits per heavy atom. The number of carbonyl (C=O) groups is 3. The van der Waals surface area contributed by atoms with Crippen LogP contribution in [0.1, 0.15) is 29.9 Å². The standard InChI is InChI=1S/C17H16ClN3O3S/c1-3-17(2)15(23)21(16(24)19-17)20-14(22)13-9-8-12(25-13)10-4-6-11(18)7-5-10/h4-9H,3H2,1-2H3,(H,19,24)(H,20,22)/t17-/m1/s1. The van der Waals surface area contributed by atoms with E-state index in [9.17, 15) is 14.4 Å². The summed E-state index contributed by atoms with van der Waals surface area (Å²) in [5, 5.41) is 3.97. The van der Waals surface area contributed by atoms with E-state index in [1.54, 1.807) is 32.0 Å². The number of halogens is 1. The second-order valence-corrected chi connectivity index (χ2v) is 7.39. The second-order valence-electron chi connectivity index (χ2n) is 5.87. The molecule has 0 spiro atoms. The fourth-order valence-corrected chi connectivity index (χ4v) is 3.44. The molecule has 2 heterocycles. The molecule has 4 amide bonds. The Morgan fingerprint density at radius 2 is 1.92 bits per heavy atom. The van der Waals surface area contributed by atoms with E-state index in [1.165, 1.54) is 11.3 Å². The second kappa shape index (κ2) is 6.50. The van der Waals surface area contributed by atoms with Crippen molar-refractivity contribution in [2.45, 2.75) is 25.8 Å². The normalized spacial score (nSPS) is 19.9. The van der Waals surface area contributed by atoms with Gasteiger partial charge in [-0.3, -0.25) is 15.0 Å². The molecular formula is C17H16ClN3O3S. The van der Waals surface area contributed by atoms with Gasteiger partial charge in [-0.05, 0) is 43.2 Å². The first-order valence-electron chi connectivity index (χ1n) is 7.67. The van der Waals surface area contributed by atoms with Crippen molar-refractivity contribution in [3.63, 3.8) is 0 Å². The monoisotopic (exact) mass is 377 g/mol. The third-order valence-electron chi connectivity index (χ3n) is 4.14. The number of nitrogens with one attached hydrogen (secondary N) is 2. The van der Waals surface area contributed by atoms with E-state index < -0.39 is 23.4 Å². The van der Waals surface area contributed by atoms with Crippen molar-refractivity contribution in [2.24, 2.45) is 0 Å². The maximum Gasteiger partial charge on any atom is 0.344 e. The predicted molar refractivity (Wildman–Crippen MR) is 96.3 cm³/mol. The Hall–Kier alpha value is -2.38. The molecule has 1 aliphatic rings. The van der Waals surface area contributed by atoms with Crippen LogP contribution in [0.5, 0.6) is 0 Å². The maximum absolute atomic E-state index is 12.4. The molecular weight excluding hydrogens is 362 g/mol. The van der Waals surface area contributed by atoms with Crippen LogP contribution >= 0.6 is 22.9 Å². The fourth-order valence-electron chi connectivity index (χ4n) is 2.41. The molecule has 0 aliphatic carbocycles. The zero-order valence-corrected chi connectivity index (χ0v) is 15.2. The van der Waals surface area contributed by atoms with Crippen LogP contribution in [0.3, 0.4) is 0 Å². The van der Waals surface area contributed by atoms with Crippen molar-refractivity contribution < 1.29 is 14.4 Å². The third-order valence-corrected chi connectivity index (χ3v) is 5.53. The lowest BCUT2D eigenvalue weighted by Gasteiger charge is -2.19. The van der Waals surface area contributed by atoms with Gasteiger partial charge >= 0.3 is 6.03 Å². The first kappa shape index (κ1) is 17.4. The summed E-state index contributed by atoms with van der Waals surface area (Å²) in [4.78, 5) is 37.9. The third kappa shape index (κ3) is 3.25. The zero-order chi connectivity index (χ0) is 18.2. The highest BCUT2D eigenvalue weighted by Crippen LogP contribution is 2.29. The summed E-state index contributed by atoms with van der Waals surface area (Å²) in [6, 6.07) is 10.1. The molecule has 1 aromatic heterocycles. The minimum Gasteiger partial charge on any atom is -0.322 e. The van der Waals surface area contributed by atoms with Crippen molar-refractivity contribution in [1.82, 2.24) is 15.8 Å². The summed E-state index contributed by atoms with van der Waals surface area (Å²) in [7, 11) is 0. The highest BCUT2D eigenvalue weighted by molar-refractivity contribution is 7.17. The quantitative estimate of drug-likeness (QED) is 0.801. The van der Waals surface area contributed by atoms with E-state index in [4.69, 9.17) is 11.6 Å². The molecule has 6 nitrogen and oxygen atoms in total. The van der Waals surface area contributed by atoms with E-state index in [0.717, 1.165) is 15.4 Å². The van der Waals surface area contributed by atoms with Gasteiger partial charge in [0.2, 0.25) is 0 Å². The number of amides is 4. The summed E-state index contributed by atoms with van der Waals surface area (Å²) in [5.41, 5.74) is 2.32. The number of imide groups is 1. The van der Waals surface area contributed by atoms with Crippen LogP contribution in [0.4, 0.5) is 4.79 Å². The average Bonchev–Trinajstić information content (AvgIpc) is 3.16. The zero-order valence-electron chi connectivity index (χ0n) is 13.6. The number of hydrogen-bond acceptors (Lipinski definition) is 4. The lowest BCUT2D eigenvalue weighted by Crippen LogP contribution is -2.48. The molecule has 130 valence electrons. The smallest absolute Gasteiger partial charge is 0.322 e. The van der Waals surface area contributed by atoms with E-state index in [0.29, 0.717) is 16.3 Å². The van der Waals surface area contributed by atoms with E-state index in [-0.39, 0.29) is 0 Å². The SMILES string of the molecule is CC[C@@]1(C)NC(=O)N(NC(=O)c2ccc(-c3ccc(Cl)cc3)s2)C1=O. The van der Waals surface area contributed by atoms with Crippen LogP contribution in [0.25, 0.3) is 10.4 Å². The minimum atomic E-state index is -0.992. The molecule has 3 rings (SSSR count). The molecule has 0 saturated carbocycles. The van der Waals surface area contributed by atoms with Gasteiger partial charge in [0.05, 0.1) is 4.88 Å². The molecule has 8 heteroatoms. The lowest BCUT2D eigenvalue weighted by atomic mass is 10.00. The molecule has 0 bridgehead atoms. The van der Waals surface area contributed by atoms with Gasteiger partial charge in [0.1, 0.15) is 5.54 Å². The molecule has 1 atom stereocenters. The Balaban J connectivity index is 1.75. The Morgan fingerprint density at radius 1 is 1.24 bits per heavy atom. The Labute approximate surface area is 153 Å². The number of thiophene rings is 1. The van der Waals surface area contributed by atoms with Crippen LogP contribution in [0.2, 0.25) is 5.02 Å². The molecule has 0 radical (unpaired) electrons. The van der Waals surface area contributed by atoms with Gasteiger partial charge < -0.3 is 5.32 Å². The van der Waals surface area contributed by atoms with Gasteiger partial charge in [0.15, 0.2) is 0 Å².